The largest absolute Gasteiger partial charge is 0.497 e. The van der Waals surface area contributed by atoms with Gasteiger partial charge in [0.2, 0.25) is 5.91 Å². The van der Waals surface area contributed by atoms with E-state index in [1.165, 1.54) is 18.9 Å². The maximum Gasteiger partial charge on any atom is 0.234 e. The van der Waals surface area contributed by atoms with Crippen LogP contribution in [0.3, 0.4) is 0 Å². The number of hydrogen-bond donors (Lipinski definition) is 1. The van der Waals surface area contributed by atoms with Crippen molar-refractivity contribution in [3.05, 3.63) is 53.6 Å². The Morgan fingerprint density at radius 1 is 0.967 bits per heavy atom. The number of anilines is 1. The molecule has 0 saturated carbocycles. The third-order valence-corrected chi connectivity index (χ3v) is 5.27. The fourth-order valence-corrected chi connectivity index (χ4v) is 3.44. The number of benzene rings is 2. The van der Waals surface area contributed by atoms with E-state index in [1.54, 1.807) is 38.5 Å². The van der Waals surface area contributed by atoms with Gasteiger partial charge in [-0.2, -0.15) is 0 Å². The lowest BCUT2D eigenvalue weighted by atomic mass is 10.1. The second kappa shape index (κ2) is 10.2. The van der Waals surface area contributed by atoms with E-state index < -0.39 is 0 Å². The van der Waals surface area contributed by atoms with Crippen molar-refractivity contribution in [1.29, 1.82) is 0 Å². The SMILES string of the molecule is COc1ccc(-c2ccc(SCC(=O)Nc3cc(Cl)ccc3OC)nn2)c(OC)c1. The van der Waals surface area contributed by atoms with E-state index in [-0.39, 0.29) is 11.7 Å². The van der Waals surface area contributed by atoms with Gasteiger partial charge in [0.05, 0.1) is 38.5 Å². The molecule has 0 aliphatic carbocycles. The zero-order valence-corrected chi connectivity index (χ0v) is 18.2. The smallest absolute Gasteiger partial charge is 0.234 e. The summed E-state index contributed by atoms with van der Waals surface area (Å²) >= 11 is 7.26. The average molecular weight is 446 g/mol. The first-order valence-corrected chi connectivity index (χ1v) is 10.2. The van der Waals surface area contributed by atoms with Gasteiger partial charge >= 0.3 is 0 Å². The van der Waals surface area contributed by atoms with Crippen LogP contribution in [0.15, 0.2) is 53.6 Å². The van der Waals surface area contributed by atoms with Crippen LogP contribution in [-0.2, 0) is 4.79 Å². The number of carbonyl (C=O) groups excluding carboxylic acids is 1. The first kappa shape index (κ1) is 21.7. The second-order valence-electron chi connectivity index (χ2n) is 6.00. The molecule has 0 bridgehead atoms. The summed E-state index contributed by atoms with van der Waals surface area (Å²) in [6.45, 7) is 0. The van der Waals surface area contributed by atoms with Crippen LogP contribution < -0.4 is 19.5 Å². The number of hydrogen-bond acceptors (Lipinski definition) is 7. The monoisotopic (exact) mass is 445 g/mol. The van der Waals surface area contributed by atoms with E-state index in [0.29, 0.717) is 38.7 Å². The van der Waals surface area contributed by atoms with Crippen molar-refractivity contribution >= 4 is 35.0 Å². The first-order valence-electron chi connectivity index (χ1n) is 8.86. The fourth-order valence-electron chi connectivity index (χ4n) is 2.65. The van der Waals surface area contributed by atoms with Crippen LogP contribution in [0.1, 0.15) is 0 Å². The van der Waals surface area contributed by atoms with E-state index in [0.717, 1.165) is 5.56 Å². The summed E-state index contributed by atoms with van der Waals surface area (Å²) in [7, 11) is 4.71. The molecule has 3 aromatic rings. The van der Waals surface area contributed by atoms with Gasteiger partial charge in [0, 0.05) is 16.7 Å². The van der Waals surface area contributed by atoms with Gasteiger partial charge in [0.25, 0.3) is 0 Å². The van der Waals surface area contributed by atoms with Crippen molar-refractivity contribution in [2.24, 2.45) is 0 Å². The van der Waals surface area contributed by atoms with Crippen LogP contribution in [0, 0.1) is 0 Å². The molecule has 156 valence electrons. The molecule has 1 amide bonds. The summed E-state index contributed by atoms with van der Waals surface area (Å²) in [5.74, 6) is 1.82. The molecule has 9 heteroatoms. The molecule has 1 N–H and O–H groups in total. The number of carbonyl (C=O) groups is 1. The lowest BCUT2D eigenvalue weighted by molar-refractivity contribution is -0.113. The minimum Gasteiger partial charge on any atom is -0.497 e. The molecule has 0 radical (unpaired) electrons. The summed E-state index contributed by atoms with van der Waals surface area (Å²) in [4.78, 5) is 12.3. The molecule has 0 aliphatic heterocycles. The van der Waals surface area contributed by atoms with Crippen LogP contribution in [0.5, 0.6) is 17.2 Å². The lowest BCUT2D eigenvalue weighted by Crippen LogP contribution is -2.14. The Morgan fingerprint density at radius 2 is 1.77 bits per heavy atom. The van der Waals surface area contributed by atoms with Crippen molar-refractivity contribution in [2.75, 3.05) is 32.4 Å². The highest BCUT2D eigenvalue weighted by atomic mass is 35.5. The van der Waals surface area contributed by atoms with Gasteiger partial charge in [0.1, 0.15) is 22.3 Å². The molecule has 0 fully saturated rings. The summed E-state index contributed by atoms with van der Waals surface area (Å²) in [5.41, 5.74) is 1.98. The van der Waals surface area contributed by atoms with Gasteiger partial charge in [-0.15, -0.1) is 10.2 Å². The Kier molecular flexibility index (Phi) is 7.37. The Morgan fingerprint density at radius 3 is 2.43 bits per heavy atom. The Bertz CT molecular complexity index is 1030. The zero-order chi connectivity index (χ0) is 21.5. The quantitative estimate of drug-likeness (QED) is 0.509. The summed E-state index contributed by atoms with van der Waals surface area (Å²) < 4.78 is 15.9. The first-order chi connectivity index (χ1) is 14.5. The molecular weight excluding hydrogens is 426 g/mol. The second-order valence-corrected chi connectivity index (χ2v) is 7.44. The summed E-state index contributed by atoms with van der Waals surface area (Å²) in [6.07, 6.45) is 0. The number of thioether (sulfide) groups is 1. The minimum absolute atomic E-state index is 0.162. The molecular formula is C21H20ClN3O4S. The Labute approximate surface area is 183 Å². The lowest BCUT2D eigenvalue weighted by Gasteiger charge is -2.11. The predicted octanol–water partition coefficient (Wildman–Crippen LogP) is 4.55. The molecule has 0 unspecified atom stereocenters. The highest BCUT2D eigenvalue weighted by Gasteiger charge is 2.12. The third kappa shape index (κ3) is 5.34. The summed E-state index contributed by atoms with van der Waals surface area (Å²) in [5, 5.41) is 12.4. The van der Waals surface area contributed by atoms with Crippen LogP contribution >= 0.6 is 23.4 Å². The number of rotatable bonds is 8. The normalized spacial score (nSPS) is 10.4. The predicted molar refractivity (Wildman–Crippen MR) is 118 cm³/mol. The maximum absolute atomic E-state index is 12.3. The molecule has 1 aromatic heterocycles. The number of halogens is 1. The standard InChI is InChI=1S/C21H20ClN3O4S/c1-27-14-5-6-15(19(11-14)29-3)16-7-9-21(25-24-16)30-12-20(26)23-17-10-13(22)4-8-18(17)28-2/h4-11H,12H2,1-3H3,(H,23,26). The van der Waals surface area contributed by atoms with E-state index in [4.69, 9.17) is 25.8 Å². The van der Waals surface area contributed by atoms with Crippen molar-refractivity contribution in [3.63, 3.8) is 0 Å². The van der Waals surface area contributed by atoms with E-state index in [2.05, 4.69) is 15.5 Å². The number of methoxy groups -OCH3 is 3. The highest BCUT2D eigenvalue weighted by Crippen LogP contribution is 2.32. The highest BCUT2D eigenvalue weighted by molar-refractivity contribution is 7.99. The van der Waals surface area contributed by atoms with Gasteiger partial charge < -0.3 is 19.5 Å². The molecule has 2 aromatic carbocycles. The molecule has 0 aliphatic rings. The molecule has 1 heterocycles. The van der Waals surface area contributed by atoms with E-state index in [1.807, 2.05) is 24.3 Å². The van der Waals surface area contributed by atoms with Gasteiger partial charge in [0.15, 0.2) is 0 Å². The van der Waals surface area contributed by atoms with E-state index >= 15 is 0 Å². The average Bonchev–Trinajstić information content (AvgIpc) is 2.77. The minimum atomic E-state index is -0.205. The molecule has 3 rings (SSSR count). The Balaban J connectivity index is 1.64. The number of nitrogens with zero attached hydrogens (tertiary/aromatic N) is 2. The van der Waals surface area contributed by atoms with Crippen LogP contribution in [0.25, 0.3) is 11.3 Å². The number of amides is 1. The van der Waals surface area contributed by atoms with Crippen LogP contribution in [-0.4, -0.2) is 43.2 Å². The molecule has 30 heavy (non-hydrogen) atoms. The third-order valence-electron chi connectivity index (χ3n) is 4.11. The summed E-state index contributed by atoms with van der Waals surface area (Å²) in [6, 6.07) is 14.1. The van der Waals surface area contributed by atoms with Crippen molar-refractivity contribution in [3.8, 4) is 28.5 Å². The molecule has 0 spiro atoms. The maximum atomic E-state index is 12.3. The number of nitrogens with one attached hydrogen (secondary N) is 1. The number of ether oxygens (including phenoxy) is 3. The molecule has 0 atom stereocenters. The van der Waals surface area contributed by atoms with Gasteiger partial charge in [-0.3, -0.25) is 4.79 Å². The van der Waals surface area contributed by atoms with Crippen molar-refractivity contribution < 1.29 is 19.0 Å². The van der Waals surface area contributed by atoms with Gasteiger partial charge in [-0.05, 0) is 42.5 Å². The van der Waals surface area contributed by atoms with E-state index in [9.17, 15) is 4.79 Å². The van der Waals surface area contributed by atoms with Crippen LogP contribution in [0.2, 0.25) is 5.02 Å². The Hall–Kier alpha value is -2.97. The van der Waals surface area contributed by atoms with Gasteiger partial charge in [-0.1, -0.05) is 23.4 Å². The fraction of sp³-hybridized carbons (Fsp3) is 0.190. The van der Waals surface area contributed by atoms with Crippen molar-refractivity contribution in [2.45, 2.75) is 5.03 Å². The topological polar surface area (TPSA) is 82.6 Å². The molecule has 0 saturated heterocycles. The van der Waals surface area contributed by atoms with Gasteiger partial charge in [-0.25, -0.2) is 0 Å². The number of aromatic nitrogens is 2. The van der Waals surface area contributed by atoms with Crippen LogP contribution in [0.4, 0.5) is 5.69 Å². The zero-order valence-electron chi connectivity index (χ0n) is 16.6. The van der Waals surface area contributed by atoms with Crippen molar-refractivity contribution in [1.82, 2.24) is 10.2 Å². The molecule has 7 nitrogen and oxygen atoms in total.